The number of carbonyl (C=O) groups is 1. The molecule has 5 atom stereocenters. The third kappa shape index (κ3) is 2.57. The molecule has 3 aliphatic rings. The highest BCUT2D eigenvalue weighted by atomic mass is 16.5. The number of amides is 2. The Bertz CT molecular complexity index is 618. The Kier molecular flexibility index (Phi) is 3.68. The molecule has 124 valence electrons. The molecule has 23 heavy (non-hydrogen) atoms. The van der Waals surface area contributed by atoms with E-state index in [1.165, 1.54) is 12.8 Å². The van der Waals surface area contributed by atoms with Crippen molar-refractivity contribution in [1.29, 1.82) is 0 Å². The van der Waals surface area contributed by atoms with Crippen molar-refractivity contribution in [3.05, 3.63) is 29.3 Å². The van der Waals surface area contributed by atoms with E-state index in [9.17, 15) is 9.90 Å². The van der Waals surface area contributed by atoms with Crippen LogP contribution < -0.4 is 15.4 Å². The SMILES string of the molecule is Cc1ccc2c(c1)C(NC(=O)NC1C3CCC(C3)C1CO)CO2. The number of ether oxygens (including phenoxy) is 1. The molecule has 1 aromatic carbocycles. The fraction of sp³-hybridized carbons (Fsp3) is 0.611. The Hall–Kier alpha value is -1.75. The van der Waals surface area contributed by atoms with Crippen LogP contribution in [0.15, 0.2) is 18.2 Å². The summed E-state index contributed by atoms with van der Waals surface area (Å²) in [5.41, 5.74) is 2.21. The average molecular weight is 316 g/mol. The maximum atomic E-state index is 12.4. The quantitative estimate of drug-likeness (QED) is 0.800. The summed E-state index contributed by atoms with van der Waals surface area (Å²) in [7, 11) is 0. The molecular formula is C18H24N2O3. The zero-order valence-corrected chi connectivity index (χ0v) is 13.4. The molecule has 2 amide bonds. The van der Waals surface area contributed by atoms with Gasteiger partial charge in [0.2, 0.25) is 0 Å². The zero-order valence-electron chi connectivity index (χ0n) is 13.4. The number of aliphatic hydroxyl groups excluding tert-OH is 1. The van der Waals surface area contributed by atoms with Gasteiger partial charge in [-0.1, -0.05) is 17.7 Å². The van der Waals surface area contributed by atoms with E-state index in [4.69, 9.17) is 4.74 Å². The first-order valence-electron chi connectivity index (χ1n) is 8.57. The molecular weight excluding hydrogens is 292 g/mol. The fourth-order valence-corrected chi connectivity index (χ4v) is 4.70. The summed E-state index contributed by atoms with van der Waals surface area (Å²) in [6, 6.07) is 5.91. The summed E-state index contributed by atoms with van der Waals surface area (Å²) < 4.78 is 5.65. The Balaban J connectivity index is 1.41. The van der Waals surface area contributed by atoms with Crippen molar-refractivity contribution in [3.8, 4) is 5.75 Å². The predicted octanol–water partition coefficient (Wildman–Crippen LogP) is 2.13. The lowest BCUT2D eigenvalue weighted by atomic mass is 9.85. The van der Waals surface area contributed by atoms with Crippen molar-refractivity contribution in [2.45, 2.75) is 38.3 Å². The lowest BCUT2D eigenvalue weighted by Crippen LogP contribution is -2.49. The molecule has 1 aliphatic heterocycles. The minimum absolute atomic E-state index is 0.101. The maximum absolute atomic E-state index is 12.4. The molecule has 2 bridgehead atoms. The van der Waals surface area contributed by atoms with Crippen molar-refractivity contribution in [1.82, 2.24) is 10.6 Å². The molecule has 4 rings (SSSR count). The van der Waals surface area contributed by atoms with Gasteiger partial charge in [0.25, 0.3) is 0 Å². The zero-order chi connectivity index (χ0) is 16.0. The van der Waals surface area contributed by atoms with Gasteiger partial charge in [-0.3, -0.25) is 0 Å². The lowest BCUT2D eigenvalue weighted by molar-refractivity contribution is 0.143. The van der Waals surface area contributed by atoms with Gasteiger partial charge in [-0.2, -0.15) is 0 Å². The summed E-state index contributed by atoms with van der Waals surface area (Å²) in [5, 5.41) is 15.8. The first-order chi connectivity index (χ1) is 11.2. The van der Waals surface area contributed by atoms with Crippen LogP contribution >= 0.6 is 0 Å². The van der Waals surface area contributed by atoms with E-state index in [-0.39, 0.29) is 30.6 Å². The molecule has 2 saturated carbocycles. The summed E-state index contributed by atoms with van der Waals surface area (Å²) >= 11 is 0. The molecule has 0 radical (unpaired) electrons. The molecule has 0 saturated heterocycles. The fourth-order valence-electron chi connectivity index (χ4n) is 4.70. The molecule has 1 aromatic rings. The van der Waals surface area contributed by atoms with Crippen LogP contribution in [0.2, 0.25) is 0 Å². The second-order valence-electron chi connectivity index (χ2n) is 7.23. The number of fused-ring (bicyclic) bond motifs is 3. The molecule has 3 N–H and O–H groups in total. The van der Waals surface area contributed by atoms with Crippen LogP contribution in [0.25, 0.3) is 0 Å². The van der Waals surface area contributed by atoms with Crippen LogP contribution in [-0.4, -0.2) is 30.4 Å². The van der Waals surface area contributed by atoms with Crippen LogP contribution in [0.4, 0.5) is 4.79 Å². The van der Waals surface area contributed by atoms with E-state index in [0.29, 0.717) is 18.4 Å². The summed E-state index contributed by atoms with van der Waals surface area (Å²) in [4.78, 5) is 12.4. The van der Waals surface area contributed by atoms with E-state index >= 15 is 0 Å². The van der Waals surface area contributed by atoms with Crippen LogP contribution in [0.3, 0.4) is 0 Å². The number of nitrogens with one attached hydrogen (secondary N) is 2. The van der Waals surface area contributed by atoms with Crippen molar-refractivity contribution < 1.29 is 14.6 Å². The molecule has 5 unspecified atom stereocenters. The molecule has 2 aliphatic carbocycles. The third-order valence-electron chi connectivity index (χ3n) is 5.85. The van der Waals surface area contributed by atoms with Crippen molar-refractivity contribution in [2.24, 2.45) is 17.8 Å². The van der Waals surface area contributed by atoms with E-state index in [1.807, 2.05) is 19.1 Å². The maximum Gasteiger partial charge on any atom is 0.315 e. The second kappa shape index (κ2) is 5.71. The van der Waals surface area contributed by atoms with E-state index in [1.54, 1.807) is 0 Å². The van der Waals surface area contributed by atoms with Crippen LogP contribution in [0.5, 0.6) is 5.75 Å². The van der Waals surface area contributed by atoms with Crippen LogP contribution in [-0.2, 0) is 0 Å². The number of rotatable bonds is 3. The van der Waals surface area contributed by atoms with Gasteiger partial charge in [-0.25, -0.2) is 4.79 Å². The topological polar surface area (TPSA) is 70.6 Å². The van der Waals surface area contributed by atoms with Gasteiger partial charge >= 0.3 is 6.03 Å². The predicted molar refractivity (Wildman–Crippen MR) is 86.3 cm³/mol. The summed E-state index contributed by atoms with van der Waals surface area (Å²) in [5.74, 6) is 2.17. The highest BCUT2D eigenvalue weighted by Gasteiger charge is 2.47. The Morgan fingerprint density at radius 2 is 2.13 bits per heavy atom. The van der Waals surface area contributed by atoms with Gasteiger partial charge in [0, 0.05) is 24.1 Å². The van der Waals surface area contributed by atoms with Gasteiger partial charge in [-0.05, 0) is 44.1 Å². The van der Waals surface area contributed by atoms with Gasteiger partial charge in [0.1, 0.15) is 12.4 Å². The first-order valence-corrected chi connectivity index (χ1v) is 8.57. The normalized spacial score (nSPS) is 34.1. The number of aliphatic hydroxyl groups is 1. The lowest BCUT2D eigenvalue weighted by Gasteiger charge is -2.30. The minimum atomic E-state index is -0.149. The number of benzene rings is 1. The van der Waals surface area contributed by atoms with Crippen LogP contribution in [0, 0.1) is 24.7 Å². The van der Waals surface area contributed by atoms with E-state index in [0.717, 1.165) is 23.3 Å². The number of hydrogen-bond donors (Lipinski definition) is 3. The number of hydrogen-bond acceptors (Lipinski definition) is 3. The average Bonchev–Trinajstić information content (AvgIpc) is 3.22. The monoisotopic (exact) mass is 316 g/mol. The second-order valence-corrected chi connectivity index (χ2v) is 7.23. The smallest absolute Gasteiger partial charge is 0.315 e. The number of carbonyl (C=O) groups excluding carboxylic acids is 1. The molecule has 5 heteroatoms. The molecule has 0 spiro atoms. The number of aryl methyl sites for hydroxylation is 1. The Labute approximate surface area is 136 Å². The highest BCUT2D eigenvalue weighted by Crippen LogP contribution is 2.48. The molecule has 0 aromatic heterocycles. The van der Waals surface area contributed by atoms with Gasteiger partial charge < -0.3 is 20.5 Å². The summed E-state index contributed by atoms with van der Waals surface area (Å²) in [6.45, 7) is 2.68. The largest absolute Gasteiger partial charge is 0.491 e. The standard InChI is InChI=1S/C18H24N2O3/c1-10-2-5-16-13(6-10)15(9-23-16)19-18(22)20-17-12-4-3-11(7-12)14(17)8-21/h2,5-6,11-12,14-15,17,21H,3-4,7-9H2,1H3,(H2,19,20,22). The van der Waals surface area contributed by atoms with Gasteiger partial charge in [0.15, 0.2) is 0 Å². The van der Waals surface area contributed by atoms with E-state index < -0.39 is 0 Å². The first kappa shape index (κ1) is 14.8. The van der Waals surface area contributed by atoms with Gasteiger partial charge in [-0.15, -0.1) is 0 Å². The van der Waals surface area contributed by atoms with Crippen molar-refractivity contribution >= 4 is 6.03 Å². The highest BCUT2D eigenvalue weighted by molar-refractivity contribution is 5.75. The van der Waals surface area contributed by atoms with E-state index in [2.05, 4.69) is 16.7 Å². The van der Waals surface area contributed by atoms with Crippen molar-refractivity contribution in [3.63, 3.8) is 0 Å². The third-order valence-corrected chi connectivity index (χ3v) is 5.85. The molecule has 2 fully saturated rings. The molecule has 5 nitrogen and oxygen atoms in total. The summed E-state index contributed by atoms with van der Waals surface area (Å²) in [6.07, 6.45) is 3.50. The number of urea groups is 1. The van der Waals surface area contributed by atoms with Crippen molar-refractivity contribution in [2.75, 3.05) is 13.2 Å². The molecule has 1 heterocycles. The van der Waals surface area contributed by atoms with Gasteiger partial charge in [0.05, 0.1) is 6.04 Å². The minimum Gasteiger partial charge on any atom is -0.491 e. The van der Waals surface area contributed by atoms with Crippen LogP contribution in [0.1, 0.15) is 36.4 Å². The Morgan fingerprint density at radius 3 is 2.96 bits per heavy atom. The Morgan fingerprint density at radius 1 is 1.30 bits per heavy atom.